The lowest BCUT2D eigenvalue weighted by molar-refractivity contribution is 0.340. The van der Waals surface area contributed by atoms with E-state index in [4.69, 9.17) is 0 Å². The number of hydrogen-bond acceptors (Lipinski definition) is 1. The Morgan fingerprint density at radius 3 is 2.62 bits per heavy atom. The van der Waals surface area contributed by atoms with E-state index in [0.717, 1.165) is 6.54 Å². The largest absolute Gasteiger partial charge is 0.371 e. The van der Waals surface area contributed by atoms with Gasteiger partial charge in [0.1, 0.15) is 0 Å². The van der Waals surface area contributed by atoms with E-state index in [-0.39, 0.29) is 0 Å². The van der Waals surface area contributed by atoms with Crippen LogP contribution in [0.2, 0.25) is 0 Å². The summed E-state index contributed by atoms with van der Waals surface area (Å²) in [4.78, 5) is 2.28. The summed E-state index contributed by atoms with van der Waals surface area (Å²) >= 11 is 0. The first kappa shape index (κ1) is 9.85. The standard InChI is InChI=1S/C12H17N/c1-5-11-8-9-13(7-3)10(4)12(11)6-2/h5-6,8-10H,1-2,7H2,3-4H3. The second kappa shape index (κ2) is 4.13. The van der Waals surface area contributed by atoms with Gasteiger partial charge in [-0.1, -0.05) is 25.3 Å². The summed E-state index contributed by atoms with van der Waals surface area (Å²) < 4.78 is 0. The lowest BCUT2D eigenvalue weighted by Gasteiger charge is -2.31. The summed E-state index contributed by atoms with van der Waals surface area (Å²) in [5.74, 6) is 0. The minimum Gasteiger partial charge on any atom is -0.371 e. The summed E-state index contributed by atoms with van der Waals surface area (Å²) in [6.45, 7) is 13.0. The average Bonchev–Trinajstić information content (AvgIpc) is 2.17. The molecule has 0 aliphatic carbocycles. The highest BCUT2D eigenvalue weighted by molar-refractivity contribution is 5.44. The van der Waals surface area contributed by atoms with Crippen molar-refractivity contribution in [3.05, 3.63) is 48.7 Å². The number of rotatable bonds is 3. The van der Waals surface area contributed by atoms with Crippen molar-refractivity contribution in [2.75, 3.05) is 6.54 Å². The van der Waals surface area contributed by atoms with Crippen molar-refractivity contribution >= 4 is 0 Å². The quantitative estimate of drug-likeness (QED) is 0.637. The predicted octanol–water partition coefficient (Wildman–Crippen LogP) is 2.89. The van der Waals surface area contributed by atoms with Crippen LogP contribution in [-0.4, -0.2) is 17.5 Å². The third-order valence-electron chi connectivity index (χ3n) is 2.53. The van der Waals surface area contributed by atoms with Gasteiger partial charge in [-0.2, -0.15) is 0 Å². The molecule has 0 saturated heterocycles. The normalized spacial score (nSPS) is 22.0. The van der Waals surface area contributed by atoms with Crippen LogP contribution in [0.15, 0.2) is 48.7 Å². The Balaban J connectivity index is 3.02. The van der Waals surface area contributed by atoms with Gasteiger partial charge >= 0.3 is 0 Å². The van der Waals surface area contributed by atoms with Crippen LogP contribution in [0.3, 0.4) is 0 Å². The molecule has 70 valence electrons. The van der Waals surface area contributed by atoms with E-state index in [1.165, 1.54) is 11.1 Å². The van der Waals surface area contributed by atoms with Crippen molar-refractivity contribution < 1.29 is 0 Å². The van der Waals surface area contributed by atoms with Crippen molar-refractivity contribution in [2.24, 2.45) is 0 Å². The average molecular weight is 175 g/mol. The molecule has 0 bridgehead atoms. The van der Waals surface area contributed by atoms with E-state index in [2.05, 4.69) is 44.2 Å². The second-order valence-corrected chi connectivity index (χ2v) is 3.14. The number of likely N-dealkylation sites (N-methyl/N-ethyl adjacent to an activating group) is 1. The van der Waals surface area contributed by atoms with E-state index < -0.39 is 0 Å². The summed E-state index contributed by atoms with van der Waals surface area (Å²) in [5, 5.41) is 0. The molecule has 0 fully saturated rings. The van der Waals surface area contributed by atoms with E-state index in [1.807, 2.05) is 12.2 Å². The molecular weight excluding hydrogens is 158 g/mol. The van der Waals surface area contributed by atoms with Crippen LogP contribution in [0, 0.1) is 0 Å². The van der Waals surface area contributed by atoms with Gasteiger partial charge in [-0.05, 0) is 31.1 Å². The first-order valence-corrected chi connectivity index (χ1v) is 4.67. The summed E-state index contributed by atoms with van der Waals surface area (Å²) in [6.07, 6.45) is 8.02. The van der Waals surface area contributed by atoms with Crippen LogP contribution in [0.1, 0.15) is 13.8 Å². The molecule has 1 aliphatic heterocycles. The smallest absolute Gasteiger partial charge is 0.0514 e. The fourth-order valence-corrected chi connectivity index (χ4v) is 1.67. The van der Waals surface area contributed by atoms with Gasteiger partial charge in [-0.25, -0.2) is 0 Å². The minimum atomic E-state index is 0.417. The van der Waals surface area contributed by atoms with Gasteiger partial charge in [0, 0.05) is 12.7 Å². The molecule has 1 heterocycles. The van der Waals surface area contributed by atoms with Crippen molar-refractivity contribution in [3.63, 3.8) is 0 Å². The molecule has 0 N–H and O–H groups in total. The molecule has 0 saturated carbocycles. The highest BCUT2D eigenvalue weighted by atomic mass is 15.1. The van der Waals surface area contributed by atoms with Crippen molar-refractivity contribution in [2.45, 2.75) is 19.9 Å². The second-order valence-electron chi connectivity index (χ2n) is 3.14. The first-order valence-electron chi connectivity index (χ1n) is 4.67. The number of allylic oxidation sites excluding steroid dienone is 3. The number of hydrogen-bond donors (Lipinski definition) is 0. The van der Waals surface area contributed by atoms with Crippen LogP contribution in [-0.2, 0) is 0 Å². The highest BCUT2D eigenvalue weighted by Crippen LogP contribution is 2.22. The van der Waals surface area contributed by atoms with Crippen LogP contribution < -0.4 is 0 Å². The van der Waals surface area contributed by atoms with Gasteiger partial charge in [0.25, 0.3) is 0 Å². The lowest BCUT2D eigenvalue weighted by Crippen LogP contribution is -2.31. The van der Waals surface area contributed by atoms with Gasteiger partial charge in [-0.3, -0.25) is 0 Å². The molecule has 0 aromatic carbocycles. The molecule has 0 aromatic heterocycles. The summed E-state index contributed by atoms with van der Waals surface area (Å²) in [5.41, 5.74) is 2.45. The third kappa shape index (κ3) is 1.74. The SMILES string of the molecule is C=CC1=C(C=C)C(C)N(CC)C=C1. The fourth-order valence-electron chi connectivity index (χ4n) is 1.67. The Bertz CT molecular complexity index is 271. The van der Waals surface area contributed by atoms with Crippen LogP contribution >= 0.6 is 0 Å². The maximum Gasteiger partial charge on any atom is 0.0514 e. The highest BCUT2D eigenvalue weighted by Gasteiger charge is 2.16. The van der Waals surface area contributed by atoms with Crippen LogP contribution in [0.5, 0.6) is 0 Å². The Morgan fingerprint density at radius 1 is 1.46 bits per heavy atom. The molecule has 1 atom stereocenters. The van der Waals surface area contributed by atoms with Crippen LogP contribution in [0.4, 0.5) is 0 Å². The van der Waals surface area contributed by atoms with Gasteiger partial charge in [0.15, 0.2) is 0 Å². The minimum absolute atomic E-state index is 0.417. The maximum atomic E-state index is 3.84. The van der Waals surface area contributed by atoms with E-state index >= 15 is 0 Å². The van der Waals surface area contributed by atoms with Crippen molar-refractivity contribution in [1.29, 1.82) is 0 Å². The molecule has 0 spiro atoms. The zero-order chi connectivity index (χ0) is 9.84. The third-order valence-corrected chi connectivity index (χ3v) is 2.53. The Labute approximate surface area is 80.7 Å². The summed E-state index contributed by atoms with van der Waals surface area (Å²) in [7, 11) is 0. The first-order chi connectivity index (χ1) is 6.24. The van der Waals surface area contributed by atoms with Gasteiger partial charge in [0.05, 0.1) is 6.04 Å². The fraction of sp³-hybridized carbons (Fsp3) is 0.333. The molecule has 1 heteroatoms. The van der Waals surface area contributed by atoms with Crippen molar-refractivity contribution in [3.8, 4) is 0 Å². The summed E-state index contributed by atoms with van der Waals surface area (Å²) in [6, 6.07) is 0.417. The van der Waals surface area contributed by atoms with Gasteiger partial charge in [-0.15, -0.1) is 0 Å². The molecule has 0 amide bonds. The molecule has 1 unspecified atom stereocenters. The molecule has 0 radical (unpaired) electrons. The topological polar surface area (TPSA) is 3.24 Å². The van der Waals surface area contributed by atoms with Gasteiger partial charge < -0.3 is 4.90 Å². The Morgan fingerprint density at radius 2 is 2.15 bits per heavy atom. The molecule has 1 rings (SSSR count). The van der Waals surface area contributed by atoms with Crippen LogP contribution in [0.25, 0.3) is 0 Å². The Hall–Kier alpha value is -1.24. The molecule has 13 heavy (non-hydrogen) atoms. The van der Waals surface area contributed by atoms with Gasteiger partial charge in [0.2, 0.25) is 0 Å². The molecular formula is C12H17N. The Kier molecular flexibility index (Phi) is 3.13. The molecule has 0 aromatic rings. The number of nitrogens with zero attached hydrogens (tertiary/aromatic N) is 1. The van der Waals surface area contributed by atoms with Crippen molar-refractivity contribution in [1.82, 2.24) is 4.90 Å². The van der Waals surface area contributed by atoms with E-state index in [0.29, 0.717) is 6.04 Å². The monoisotopic (exact) mass is 175 g/mol. The van der Waals surface area contributed by atoms with E-state index in [9.17, 15) is 0 Å². The maximum absolute atomic E-state index is 3.84. The zero-order valence-electron chi connectivity index (χ0n) is 8.46. The van der Waals surface area contributed by atoms with E-state index in [1.54, 1.807) is 0 Å². The molecule has 1 nitrogen and oxygen atoms in total. The lowest BCUT2D eigenvalue weighted by atomic mass is 9.97. The molecule has 1 aliphatic rings. The zero-order valence-corrected chi connectivity index (χ0v) is 8.46. The predicted molar refractivity (Wildman–Crippen MR) is 58.4 cm³/mol.